The van der Waals surface area contributed by atoms with Gasteiger partial charge in [-0.3, -0.25) is 9.69 Å². The molecule has 33 heavy (non-hydrogen) atoms. The maximum absolute atomic E-state index is 11.8. The molecule has 0 aliphatic carbocycles. The van der Waals surface area contributed by atoms with Crippen LogP contribution in [0.5, 0.6) is 17.2 Å². The molecule has 180 valence electrons. The van der Waals surface area contributed by atoms with Crippen LogP contribution in [0, 0.1) is 0 Å². The van der Waals surface area contributed by atoms with Crippen LogP contribution >= 0.6 is 0 Å². The molecule has 2 aromatic carbocycles. The number of rotatable bonds is 15. The highest BCUT2D eigenvalue weighted by Crippen LogP contribution is 2.20. The molecular weight excluding hydrogens is 426 g/mol. The molecule has 2 aromatic rings. The minimum Gasteiger partial charge on any atom is -0.497 e. The van der Waals surface area contributed by atoms with Crippen LogP contribution in [0.15, 0.2) is 48.5 Å². The van der Waals surface area contributed by atoms with Crippen LogP contribution in [0.3, 0.4) is 0 Å². The molecule has 0 bridgehead atoms. The Morgan fingerprint density at radius 3 is 2.21 bits per heavy atom. The third-order valence-electron chi connectivity index (χ3n) is 5.24. The number of aliphatic carboxylic acids is 2. The van der Waals surface area contributed by atoms with Crippen LogP contribution in [0.4, 0.5) is 0 Å². The first-order valence-corrected chi connectivity index (χ1v) is 11.1. The van der Waals surface area contributed by atoms with Crippen molar-refractivity contribution in [2.45, 2.75) is 51.8 Å². The molecule has 0 aliphatic heterocycles. The number of carboxylic acids is 2. The summed E-state index contributed by atoms with van der Waals surface area (Å²) in [6, 6.07) is 13.8. The van der Waals surface area contributed by atoms with Crippen molar-refractivity contribution in [1.29, 1.82) is 0 Å². The molecule has 0 unspecified atom stereocenters. The summed E-state index contributed by atoms with van der Waals surface area (Å²) in [6.45, 7) is 4.96. The molecule has 0 aromatic heterocycles. The Balaban J connectivity index is 2.02. The van der Waals surface area contributed by atoms with Gasteiger partial charge in [0.15, 0.2) is 6.10 Å². The first-order valence-electron chi connectivity index (χ1n) is 11.1. The van der Waals surface area contributed by atoms with Crippen molar-refractivity contribution in [1.82, 2.24) is 4.90 Å². The molecule has 0 fully saturated rings. The van der Waals surface area contributed by atoms with Crippen molar-refractivity contribution in [2.24, 2.45) is 0 Å². The predicted octanol–water partition coefficient (Wildman–Crippen LogP) is 4.07. The Bertz CT molecular complexity index is 885. The third-order valence-corrected chi connectivity index (χ3v) is 5.24. The number of ether oxygens (including phenoxy) is 3. The van der Waals surface area contributed by atoms with Gasteiger partial charge in [-0.15, -0.1) is 0 Å². The highest BCUT2D eigenvalue weighted by atomic mass is 16.5. The summed E-state index contributed by atoms with van der Waals surface area (Å²) in [4.78, 5) is 25.0. The van der Waals surface area contributed by atoms with E-state index >= 15 is 0 Å². The van der Waals surface area contributed by atoms with Crippen molar-refractivity contribution in [3.05, 3.63) is 54.1 Å². The van der Waals surface area contributed by atoms with E-state index in [1.54, 1.807) is 32.2 Å². The van der Waals surface area contributed by atoms with E-state index in [9.17, 15) is 19.8 Å². The first kappa shape index (κ1) is 26.0. The van der Waals surface area contributed by atoms with Crippen LogP contribution in [0.1, 0.15) is 38.7 Å². The number of nitrogens with zero attached hydrogens (tertiary/aromatic N) is 1. The zero-order valence-corrected chi connectivity index (χ0v) is 19.4. The second-order valence-electron chi connectivity index (χ2n) is 7.61. The van der Waals surface area contributed by atoms with Gasteiger partial charge in [0, 0.05) is 13.1 Å². The molecule has 0 spiro atoms. The lowest BCUT2D eigenvalue weighted by Crippen LogP contribution is -2.41. The first-order chi connectivity index (χ1) is 15.9. The summed E-state index contributed by atoms with van der Waals surface area (Å²) in [5.74, 6) is 0.0334. The van der Waals surface area contributed by atoms with E-state index < -0.39 is 24.1 Å². The molecule has 2 atom stereocenters. The van der Waals surface area contributed by atoms with Gasteiger partial charge in [0.05, 0.1) is 13.7 Å². The van der Waals surface area contributed by atoms with Crippen LogP contribution in [-0.2, 0) is 16.1 Å². The number of hydrogen-bond donors (Lipinski definition) is 2. The smallest absolute Gasteiger partial charge is 0.344 e. The number of benzene rings is 2. The zero-order chi connectivity index (χ0) is 24.2. The fourth-order valence-corrected chi connectivity index (χ4v) is 3.49. The van der Waals surface area contributed by atoms with Crippen LogP contribution < -0.4 is 14.2 Å². The van der Waals surface area contributed by atoms with E-state index in [0.717, 1.165) is 17.1 Å². The molecule has 8 heteroatoms. The monoisotopic (exact) mass is 459 g/mol. The molecule has 2 rings (SSSR count). The molecule has 0 saturated heterocycles. The molecule has 0 aliphatic rings. The summed E-state index contributed by atoms with van der Waals surface area (Å²) < 4.78 is 16.5. The van der Waals surface area contributed by atoms with Crippen molar-refractivity contribution in [3.63, 3.8) is 0 Å². The summed E-state index contributed by atoms with van der Waals surface area (Å²) in [7, 11) is 1.60. The summed E-state index contributed by atoms with van der Waals surface area (Å²) in [5, 5.41) is 18.9. The van der Waals surface area contributed by atoms with Gasteiger partial charge < -0.3 is 24.4 Å². The highest BCUT2D eigenvalue weighted by Gasteiger charge is 2.24. The van der Waals surface area contributed by atoms with Crippen molar-refractivity contribution < 1.29 is 34.0 Å². The van der Waals surface area contributed by atoms with Crippen molar-refractivity contribution in [3.8, 4) is 17.2 Å². The Morgan fingerprint density at radius 2 is 1.64 bits per heavy atom. The zero-order valence-electron chi connectivity index (χ0n) is 19.4. The fraction of sp³-hybridized carbons (Fsp3) is 0.440. The van der Waals surface area contributed by atoms with Gasteiger partial charge >= 0.3 is 11.9 Å². The average Bonchev–Trinajstić information content (AvgIpc) is 2.80. The lowest BCUT2D eigenvalue weighted by atomic mass is 10.1. The Morgan fingerprint density at radius 1 is 0.939 bits per heavy atom. The normalized spacial score (nSPS) is 12.7. The van der Waals surface area contributed by atoms with Gasteiger partial charge in [-0.25, -0.2) is 4.79 Å². The quantitative estimate of drug-likeness (QED) is 0.384. The Kier molecular flexibility index (Phi) is 10.5. The maximum atomic E-state index is 11.8. The minimum atomic E-state index is -1.02. The van der Waals surface area contributed by atoms with Crippen LogP contribution in [-0.4, -0.2) is 59.5 Å². The van der Waals surface area contributed by atoms with Gasteiger partial charge in [0.1, 0.15) is 23.3 Å². The predicted molar refractivity (Wildman–Crippen MR) is 124 cm³/mol. The van der Waals surface area contributed by atoms with Crippen molar-refractivity contribution in [2.75, 3.05) is 20.3 Å². The van der Waals surface area contributed by atoms with Crippen LogP contribution in [0.25, 0.3) is 0 Å². The highest BCUT2D eigenvalue weighted by molar-refractivity contribution is 5.73. The average molecular weight is 460 g/mol. The summed E-state index contributed by atoms with van der Waals surface area (Å²) >= 11 is 0. The topological polar surface area (TPSA) is 106 Å². The van der Waals surface area contributed by atoms with Crippen molar-refractivity contribution >= 4 is 11.9 Å². The molecule has 0 heterocycles. The molecule has 0 radical (unpaired) electrons. The Labute approximate surface area is 194 Å². The molecule has 0 amide bonds. The van der Waals surface area contributed by atoms with E-state index in [0.29, 0.717) is 44.7 Å². The van der Waals surface area contributed by atoms with E-state index in [1.165, 1.54) is 0 Å². The van der Waals surface area contributed by atoms with Gasteiger partial charge in [0.2, 0.25) is 0 Å². The number of methoxy groups -OCH3 is 1. The standard InChI is InChI=1S/C25H33NO7/c1-4-22(24(27)28)26(14-7-15-32-20-12-10-19(31-3)11-13-20)17-18-8-6-9-21(16-18)33-23(5-2)25(29)30/h6,8-13,16,22-23H,4-5,7,14-15,17H2,1-3H3,(H,27,28)(H,29,30)/t22-,23-/m1/s1. The Hall–Kier alpha value is -3.26. The largest absolute Gasteiger partial charge is 0.497 e. The van der Waals surface area contributed by atoms with E-state index in [2.05, 4.69) is 0 Å². The minimum absolute atomic E-state index is 0.344. The molecular formula is C25H33NO7. The molecule has 8 nitrogen and oxygen atoms in total. The van der Waals surface area contributed by atoms with Gasteiger partial charge in [0.25, 0.3) is 0 Å². The molecule has 2 N–H and O–H groups in total. The van der Waals surface area contributed by atoms with Crippen LogP contribution in [0.2, 0.25) is 0 Å². The van der Waals surface area contributed by atoms with E-state index in [-0.39, 0.29) is 0 Å². The summed E-state index contributed by atoms with van der Waals surface area (Å²) in [6.07, 6.45) is 0.524. The number of carboxylic acid groups (broad SMARTS) is 2. The lowest BCUT2D eigenvalue weighted by molar-refractivity contribution is -0.145. The van der Waals surface area contributed by atoms with E-state index in [1.807, 2.05) is 42.2 Å². The number of carbonyl (C=O) groups is 2. The second kappa shape index (κ2) is 13.3. The van der Waals surface area contributed by atoms with Gasteiger partial charge in [-0.2, -0.15) is 0 Å². The number of hydrogen-bond acceptors (Lipinski definition) is 6. The SMILES string of the molecule is CC[C@H](C(=O)O)N(CCCOc1ccc(OC)cc1)Cc1cccc(O[C@H](CC)C(=O)O)c1. The van der Waals surface area contributed by atoms with Gasteiger partial charge in [-0.1, -0.05) is 26.0 Å². The molecule has 0 saturated carbocycles. The maximum Gasteiger partial charge on any atom is 0.344 e. The van der Waals surface area contributed by atoms with E-state index in [4.69, 9.17) is 14.2 Å². The van der Waals surface area contributed by atoms with Gasteiger partial charge in [-0.05, 0) is 61.2 Å². The lowest BCUT2D eigenvalue weighted by Gasteiger charge is -2.28. The summed E-state index contributed by atoms with van der Waals surface area (Å²) in [5.41, 5.74) is 0.850. The second-order valence-corrected chi connectivity index (χ2v) is 7.61. The fourth-order valence-electron chi connectivity index (χ4n) is 3.49. The third kappa shape index (κ3) is 8.31.